The zero-order valence-electron chi connectivity index (χ0n) is 7.67. The summed E-state index contributed by atoms with van der Waals surface area (Å²) < 4.78 is 0. The number of carbonyl (C=O) groups is 2. The van der Waals surface area contributed by atoms with E-state index in [4.69, 9.17) is 5.11 Å². The lowest BCUT2D eigenvalue weighted by molar-refractivity contribution is -0.140. The molecular weight excluding hydrogens is 184 g/mol. The van der Waals surface area contributed by atoms with Gasteiger partial charge in [0.2, 0.25) is 5.91 Å². The van der Waals surface area contributed by atoms with Gasteiger partial charge in [0.15, 0.2) is 0 Å². The SMILES string of the molecule is CN(C(=O)CC(=O)O)c1ccccn1. The zero-order valence-corrected chi connectivity index (χ0v) is 7.67. The van der Waals surface area contributed by atoms with Crippen LogP contribution < -0.4 is 4.90 Å². The van der Waals surface area contributed by atoms with Gasteiger partial charge in [-0.2, -0.15) is 0 Å². The molecule has 14 heavy (non-hydrogen) atoms. The Hall–Kier alpha value is -1.91. The number of pyridine rings is 1. The van der Waals surface area contributed by atoms with Gasteiger partial charge in [0, 0.05) is 13.2 Å². The average Bonchev–Trinajstić information content (AvgIpc) is 2.17. The fourth-order valence-corrected chi connectivity index (χ4v) is 0.928. The smallest absolute Gasteiger partial charge is 0.312 e. The highest BCUT2D eigenvalue weighted by Gasteiger charge is 2.14. The first-order valence-electron chi connectivity index (χ1n) is 4.00. The van der Waals surface area contributed by atoms with Crippen LogP contribution in [0.2, 0.25) is 0 Å². The van der Waals surface area contributed by atoms with Crippen molar-refractivity contribution < 1.29 is 14.7 Å². The van der Waals surface area contributed by atoms with Crippen molar-refractivity contribution in [3.63, 3.8) is 0 Å². The monoisotopic (exact) mass is 194 g/mol. The van der Waals surface area contributed by atoms with Crippen LogP contribution in [0.15, 0.2) is 24.4 Å². The van der Waals surface area contributed by atoms with E-state index in [-0.39, 0.29) is 0 Å². The van der Waals surface area contributed by atoms with E-state index in [1.54, 1.807) is 24.4 Å². The quantitative estimate of drug-likeness (QED) is 0.712. The molecule has 1 aromatic rings. The topological polar surface area (TPSA) is 70.5 Å². The van der Waals surface area contributed by atoms with Gasteiger partial charge in [-0.1, -0.05) is 6.07 Å². The molecule has 74 valence electrons. The molecule has 1 rings (SSSR count). The number of amides is 1. The highest BCUT2D eigenvalue weighted by Crippen LogP contribution is 2.07. The number of hydrogen-bond donors (Lipinski definition) is 1. The van der Waals surface area contributed by atoms with E-state index in [0.29, 0.717) is 5.82 Å². The van der Waals surface area contributed by atoms with Crippen molar-refractivity contribution in [2.45, 2.75) is 6.42 Å². The van der Waals surface area contributed by atoms with Gasteiger partial charge in [-0.15, -0.1) is 0 Å². The minimum Gasteiger partial charge on any atom is -0.481 e. The first-order valence-corrected chi connectivity index (χ1v) is 4.00. The molecule has 0 fully saturated rings. The third-order valence-corrected chi connectivity index (χ3v) is 1.67. The maximum absolute atomic E-state index is 11.3. The molecule has 0 saturated heterocycles. The number of hydrogen-bond acceptors (Lipinski definition) is 3. The molecule has 0 atom stereocenters. The van der Waals surface area contributed by atoms with Gasteiger partial charge in [0.1, 0.15) is 12.2 Å². The molecule has 0 bridgehead atoms. The van der Waals surface area contributed by atoms with Crippen molar-refractivity contribution in [3.8, 4) is 0 Å². The summed E-state index contributed by atoms with van der Waals surface area (Å²) in [4.78, 5) is 26.7. The molecule has 0 aliphatic carbocycles. The van der Waals surface area contributed by atoms with Gasteiger partial charge in [0.25, 0.3) is 0 Å². The predicted octanol–water partition coefficient (Wildman–Crippen LogP) is 0.519. The molecule has 0 unspecified atom stereocenters. The lowest BCUT2D eigenvalue weighted by Gasteiger charge is -2.14. The second-order valence-electron chi connectivity index (χ2n) is 2.71. The third-order valence-electron chi connectivity index (χ3n) is 1.67. The number of carbonyl (C=O) groups excluding carboxylic acids is 1. The van der Waals surface area contributed by atoms with Crippen LogP contribution in [0.25, 0.3) is 0 Å². The van der Waals surface area contributed by atoms with E-state index >= 15 is 0 Å². The molecule has 0 saturated carbocycles. The number of aliphatic carboxylic acids is 1. The van der Waals surface area contributed by atoms with Gasteiger partial charge >= 0.3 is 5.97 Å². The Morgan fingerprint density at radius 2 is 2.21 bits per heavy atom. The Labute approximate surface area is 81.0 Å². The lowest BCUT2D eigenvalue weighted by Crippen LogP contribution is -2.28. The van der Waals surface area contributed by atoms with E-state index in [9.17, 15) is 9.59 Å². The third kappa shape index (κ3) is 2.55. The van der Waals surface area contributed by atoms with E-state index in [1.807, 2.05) is 0 Å². The zero-order chi connectivity index (χ0) is 10.6. The molecule has 1 aromatic heterocycles. The summed E-state index contributed by atoms with van der Waals surface area (Å²) in [6.45, 7) is 0. The molecule has 0 aliphatic heterocycles. The number of anilines is 1. The van der Waals surface area contributed by atoms with Crippen molar-refractivity contribution >= 4 is 17.7 Å². The molecule has 0 aliphatic rings. The number of carboxylic acids is 1. The summed E-state index contributed by atoms with van der Waals surface area (Å²) in [6.07, 6.45) is 1.02. The highest BCUT2D eigenvalue weighted by molar-refractivity contribution is 6.02. The summed E-state index contributed by atoms with van der Waals surface area (Å²) in [5.74, 6) is -1.19. The molecule has 1 amide bonds. The van der Waals surface area contributed by atoms with Crippen molar-refractivity contribution in [1.29, 1.82) is 0 Å². The van der Waals surface area contributed by atoms with Gasteiger partial charge in [-0.25, -0.2) is 4.98 Å². The van der Waals surface area contributed by atoms with Crippen molar-refractivity contribution in [2.75, 3.05) is 11.9 Å². The molecule has 0 radical (unpaired) electrons. The average molecular weight is 194 g/mol. The lowest BCUT2D eigenvalue weighted by atomic mass is 10.3. The van der Waals surface area contributed by atoms with Gasteiger partial charge in [-0.05, 0) is 12.1 Å². The molecule has 1 N–H and O–H groups in total. The molecule has 0 spiro atoms. The van der Waals surface area contributed by atoms with E-state index in [2.05, 4.69) is 4.98 Å². The summed E-state index contributed by atoms with van der Waals surface area (Å²) in [5.41, 5.74) is 0. The summed E-state index contributed by atoms with van der Waals surface area (Å²) in [7, 11) is 1.49. The van der Waals surface area contributed by atoms with Crippen LogP contribution in [0.5, 0.6) is 0 Å². The fraction of sp³-hybridized carbons (Fsp3) is 0.222. The first-order chi connectivity index (χ1) is 6.61. The Morgan fingerprint density at radius 3 is 2.71 bits per heavy atom. The van der Waals surface area contributed by atoms with Crippen LogP contribution in [0, 0.1) is 0 Å². The molecule has 5 nitrogen and oxygen atoms in total. The molecule has 5 heteroatoms. The Morgan fingerprint density at radius 1 is 1.50 bits per heavy atom. The predicted molar refractivity (Wildman–Crippen MR) is 49.9 cm³/mol. The molecule has 0 aromatic carbocycles. The highest BCUT2D eigenvalue weighted by atomic mass is 16.4. The number of rotatable bonds is 3. The summed E-state index contributed by atoms with van der Waals surface area (Å²) in [5, 5.41) is 8.41. The van der Waals surface area contributed by atoms with Crippen LogP contribution in [0.1, 0.15) is 6.42 Å². The molecule has 1 heterocycles. The maximum atomic E-state index is 11.3. The maximum Gasteiger partial charge on any atom is 0.312 e. The van der Waals surface area contributed by atoms with E-state index in [0.717, 1.165) is 0 Å². The van der Waals surface area contributed by atoms with Crippen molar-refractivity contribution in [1.82, 2.24) is 4.98 Å². The number of aromatic nitrogens is 1. The van der Waals surface area contributed by atoms with Crippen LogP contribution in [-0.2, 0) is 9.59 Å². The fourth-order valence-electron chi connectivity index (χ4n) is 0.928. The van der Waals surface area contributed by atoms with Crippen LogP contribution in [-0.4, -0.2) is 29.0 Å². The second kappa shape index (κ2) is 4.36. The Bertz CT molecular complexity index is 337. The number of carboxylic acid groups (broad SMARTS) is 1. The van der Waals surface area contributed by atoms with Crippen LogP contribution in [0.3, 0.4) is 0 Å². The minimum absolute atomic E-state index is 0.443. The van der Waals surface area contributed by atoms with Crippen LogP contribution in [0.4, 0.5) is 5.82 Å². The van der Waals surface area contributed by atoms with Crippen molar-refractivity contribution in [2.24, 2.45) is 0 Å². The Balaban J connectivity index is 2.71. The van der Waals surface area contributed by atoms with E-state index in [1.165, 1.54) is 11.9 Å². The largest absolute Gasteiger partial charge is 0.481 e. The van der Waals surface area contributed by atoms with Gasteiger partial charge in [0.05, 0.1) is 0 Å². The summed E-state index contributed by atoms with van der Waals surface area (Å²) in [6, 6.07) is 5.09. The summed E-state index contributed by atoms with van der Waals surface area (Å²) >= 11 is 0. The van der Waals surface area contributed by atoms with Crippen molar-refractivity contribution in [3.05, 3.63) is 24.4 Å². The normalized spacial score (nSPS) is 9.50. The standard InChI is InChI=1S/C9H10N2O3/c1-11(8(12)6-9(13)14)7-4-2-3-5-10-7/h2-5H,6H2,1H3,(H,13,14). The first kappa shape index (κ1) is 10.2. The van der Waals surface area contributed by atoms with E-state index < -0.39 is 18.3 Å². The second-order valence-corrected chi connectivity index (χ2v) is 2.71. The minimum atomic E-state index is -1.14. The Kier molecular flexibility index (Phi) is 3.17. The van der Waals surface area contributed by atoms with Gasteiger partial charge in [-0.3, -0.25) is 14.5 Å². The number of nitrogens with zero attached hydrogens (tertiary/aromatic N) is 2. The van der Waals surface area contributed by atoms with Gasteiger partial charge < -0.3 is 5.11 Å². The van der Waals surface area contributed by atoms with Crippen LogP contribution >= 0.6 is 0 Å². The molecular formula is C9H10N2O3.